The average Bonchev–Trinajstić information content (AvgIpc) is 3.25. The van der Waals surface area contributed by atoms with E-state index in [0.29, 0.717) is 25.7 Å². The van der Waals surface area contributed by atoms with Crippen LogP contribution in [-0.2, 0) is 20.7 Å². The van der Waals surface area contributed by atoms with Crippen molar-refractivity contribution in [2.75, 3.05) is 60.7 Å². The molecular weight excluding hydrogens is 372 g/mol. The van der Waals surface area contributed by atoms with E-state index < -0.39 is 0 Å². The number of ether oxygens (including phenoxy) is 3. The molecule has 0 spiro atoms. The number of hydrogen-bond donors (Lipinski definition) is 2. The molecular formula is C21H34N4O4. The number of carbonyl (C=O) groups excluding carboxylic acids is 1. The zero-order valence-corrected chi connectivity index (χ0v) is 17.8. The number of amides is 1. The summed E-state index contributed by atoms with van der Waals surface area (Å²) in [6.45, 7) is 3.71. The maximum absolute atomic E-state index is 11.8. The lowest BCUT2D eigenvalue weighted by atomic mass is 10.1. The Morgan fingerprint density at radius 2 is 2.00 bits per heavy atom. The van der Waals surface area contributed by atoms with Crippen LogP contribution < -0.4 is 15.4 Å². The van der Waals surface area contributed by atoms with E-state index in [2.05, 4.69) is 15.6 Å². The molecule has 1 fully saturated rings. The van der Waals surface area contributed by atoms with Gasteiger partial charge in [-0.15, -0.1) is 0 Å². The Hall–Kier alpha value is -2.32. The van der Waals surface area contributed by atoms with Gasteiger partial charge < -0.3 is 29.7 Å². The van der Waals surface area contributed by atoms with Gasteiger partial charge in [0.2, 0.25) is 5.91 Å². The zero-order chi connectivity index (χ0) is 20.9. The fraction of sp³-hybridized carbons (Fsp3) is 0.619. The van der Waals surface area contributed by atoms with Crippen LogP contribution in [0, 0.1) is 0 Å². The third-order valence-corrected chi connectivity index (χ3v) is 4.59. The second-order valence-electron chi connectivity index (χ2n) is 7.11. The third kappa shape index (κ3) is 9.15. The predicted octanol–water partition coefficient (Wildman–Crippen LogP) is 1.06. The van der Waals surface area contributed by atoms with Crippen molar-refractivity contribution >= 4 is 11.9 Å². The summed E-state index contributed by atoms with van der Waals surface area (Å²) in [4.78, 5) is 17.8. The molecule has 1 aromatic rings. The maximum Gasteiger partial charge on any atom is 0.243 e. The molecule has 0 saturated carbocycles. The van der Waals surface area contributed by atoms with Gasteiger partial charge in [-0.25, -0.2) is 4.99 Å². The second-order valence-corrected chi connectivity index (χ2v) is 7.11. The molecule has 1 aliphatic rings. The van der Waals surface area contributed by atoms with Gasteiger partial charge in [0.25, 0.3) is 0 Å². The topological polar surface area (TPSA) is 84.4 Å². The van der Waals surface area contributed by atoms with Gasteiger partial charge in [0.1, 0.15) is 12.3 Å². The Bertz CT molecular complexity index is 628. The van der Waals surface area contributed by atoms with Crippen LogP contribution in [-0.4, -0.2) is 83.5 Å². The zero-order valence-electron chi connectivity index (χ0n) is 17.8. The summed E-state index contributed by atoms with van der Waals surface area (Å²) >= 11 is 0. The van der Waals surface area contributed by atoms with E-state index in [1.807, 2.05) is 24.3 Å². The van der Waals surface area contributed by atoms with Crippen LogP contribution in [0.3, 0.4) is 0 Å². The smallest absolute Gasteiger partial charge is 0.243 e. The van der Waals surface area contributed by atoms with Crippen molar-refractivity contribution < 1.29 is 19.0 Å². The second kappa shape index (κ2) is 13.0. The van der Waals surface area contributed by atoms with Crippen molar-refractivity contribution in [3.63, 3.8) is 0 Å². The third-order valence-electron chi connectivity index (χ3n) is 4.59. The van der Waals surface area contributed by atoms with Crippen molar-refractivity contribution in [2.45, 2.75) is 25.4 Å². The highest BCUT2D eigenvalue weighted by Crippen LogP contribution is 2.11. The molecule has 2 rings (SSSR count). The molecule has 29 heavy (non-hydrogen) atoms. The largest absolute Gasteiger partial charge is 0.497 e. The molecule has 1 amide bonds. The molecule has 1 aromatic carbocycles. The minimum atomic E-state index is -0.0363. The predicted molar refractivity (Wildman–Crippen MR) is 113 cm³/mol. The lowest BCUT2D eigenvalue weighted by Crippen LogP contribution is -2.40. The normalized spacial score (nSPS) is 16.5. The van der Waals surface area contributed by atoms with Gasteiger partial charge in [0.15, 0.2) is 5.96 Å². The molecule has 0 bridgehead atoms. The van der Waals surface area contributed by atoms with Crippen LogP contribution in [0.5, 0.6) is 5.75 Å². The molecule has 8 heteroatoms. The van der Waals surface area contributed by atoms with Gasteiger partial charge in [-0.3, -0.25) is 4.79 Å². The minimum Gasteiger partial charge on any atom is -0.497 e. The molecule has 0 radical (unpaired) electrons. The highest BCUT2D eigenvalue weighted by atomic mass is 16.5. The molecule has 0 aliphatic carbocycles. The monoisotopic (exact) mass is 406 g/mol. The molecule has 1 unspecified atom stereocenters. The molecule has 1 aliphatic heterocycles. The highest BCUT2D eigenvalue weighted by Gasteiger charge is 2.15. The van der Waals surface area contributed by atoms with E-state index in [4.69, 9.17) is 14.2 Å². The van der Waals surface area contributed by atoms with Gasteiger partial charge in [-0.1, -0.05) is 12.1 Å². The number of methoxy groups -OCH3 is 1. The van der Waals surface area contributed by atoms with Gasteiger partial charge in [-0.2, -0.15) is 0 Å². The Labute approximate surface area is 173 Å². The lowest BCUT2D eigenvalue weighted by molar-refractivity contribution is -0.127. The number of nitrogens with one attached hydrogen (secondary N) is 2. The summed E-state index contributed by atoms with van der Waals surface area (Å²) in [6, 6.07) is 8.00. The number of likely N-dealkylation sites (N-methyl/N-ethyl adjacent to an activating group) is 1. The molecule has 0 aromatic heterocycles. The Balaban J connectivity index is 1.74. The lowest BCUT2D eigenvalue weighted by Gasteiger charge is -2.15. The SMILES string of the molecule is COc1ccc(CCNC(=NCC(=O)N(C)C)NCCCOC2CCOC2)cc1. The summed E-state index contributed by atoms with van der Waals surface area (Å²) in [5.74, 6) is 1.45. The van der Waals surface area contributed by atoms with E-state index in [1.165, 1.54) is 10.5 Å². The number of carbonyl (C=O) groups is 1. The minimum absolute atomic E-state index is 0.0363. The quantitative estimate of drug-likeness (QED) is 0.325. The number of benzene rings is 1. The van der Waals surface area contributed by atoms with Crippen molar-refractivity contribution in [3.8, 4) is 5.75 Å². The van der Waals surface area contributed by atoms with Crippen molar-refractivity contribution in [1.29, 1.82) is 0 Å². The molecule has 162 valence electrons. The number of rotatable bonds is 11. The molecule has 1 saturated heterocycles. The summed E-state index contributed by atoms with van der Waals surface area (Å²) in [6.07, 6.45) is 2.90. The maximum atomic E-state index is 11.8. The van der Waals surface area contributed by atoms with Crippen molar-refractivity contribution in [3.05, 3.63) is 29.8 Å². The van der Waals surface area contributed by atoms with Crippen LogP contribution >= 0.6 is 0 Å². The first-order chi connectivity index (χ1) is 14.1. The summed E-state index contributed by atoms with van der Waals surface area (Å²) < 4.78 is 16.3. The Morgan fingerprint density at radius 1 is 1.24 bits per heavy atom. The first-order valence-corrected chi connectivity index (χ1v) is 10.1. The molecule has 8 nitrogen and oxygen atoms in total. The summed E-state index contributed by atoms with van der Waals surface area (Å²) in [7, 11) is 5.12. The number of guanidine groups is 1. The van der Waals surface area contributed by atoms with Crippen molar-refractivity contribution in [1.82, 2.24) is 15.5 Å². The molecule has 1 atom stereocenters. The van der Waals surface area contributed by atoms with Gasteiger partial charge in [0.05, 0.1) is 19.8 Å². The summed E-state index contributed by atoms with van der Waals surface area (Å²) in [5.41, 5.74) is 1.20. The van der Waals surface area contributed by atoms with Crippen LogP contribution in [0.4, 0.5) is 0 Å². The number of hydrogen-bond acceptors (Lipinski definition) is 5. The number of aliphatic imine (C=N–C) groups is 1. The Morgan fingerprint density at radius 3 is 2.66 bits per heavy atom. The summed E-state index contributed by atoms with van der Waals surface area (Å²) in [5, 5.41) is 6.58. The van der Waals surface area contributed by atoms with Gasteiger partial charge in [0, 0.05) is 40.4 Å². The fourth-order valence-electron chi connectivity index (χ4n) is 2.75. The van der Waals surface area contributed by atoms with Crippen LogP contribution in [0.2, 0.25) is 0 Å². The van der Waals surface area contributed by atoms with Crippen LogP contribution in [0.1, 0.15) is 18.4 Å². The Kier molecular flexibility index (Phi) is 10.3. The molecule has 2 N–H and O–H groups in total. The number of nitrogens with zero attached hydrogens (tertiary/aromatic N) is 2. The standard InChI is InChI=1S/C21H34N4O4/c1-25(2)20(26)15-24-21(22-11-4-13-29-19-10-14-28-16-19)23-12-9-17-5-7-18(27-3)8-6-17/h5-8,19H,4,9-16H2,1-3H3,(H2,22,23,24). The first-order valence-electron chi connectivity index (χ1n) is 10.1. The van der Waals surface area contributed by atoms with Gasteiger partial charge in [-0.05, 0) is 37.0 Å². The van der Waals surface area contributed by atoms with E-state index >= 15 is 0 Å². The average molecular weight is 407 g/mol. The van der Waals surface area contributed by atoms with E-state index in [9.17, 15) is 4.79 Å². The first kappa shape index (κ1) is 23.0. The van der Waals surface area contributed by atoms with Crippen LogP contribution in [0.25, 0.3) is 0 Å². The van der Waals surface area contributed by atoms with Crippen LogP contribution in [0.15, 0.2) is 29.3 Å². The van der Waals surface area contributed by atoms with E-state index in [1.54, 1.807) is 21.2 Å². The van der Waals surface area contributed by atoms with E-state index in [0.717, 1.165) is 38.2 Å². The van der Waals surface area contributed by atoms with E-state index in [-0.39, 0.29) is 18.6 Å². The fourth-order valence-corrected chi connectivity index (χ4v) is 2.75. The van der Waals surface area contributed by atoms with Crippen molar-refractivity contribution in [2.24, 2.45) is 4.99 Å². The highest BCUT2D eigenvalue weighted by molar-refractivity contribution is 5.84. The van der Waals surface area contributed by atoms with Gasteiger partial charge >= 0.3 is 0 Å². The molecule has 1 heterocycles.